The molecule has 164 valence electrons. The number of ether oxygens (including phenoxy) is 2. The molecule has 31 heavy (non-hydrogen) atoms. The predicted molar refractivity (Wildman–Crippen MR) is 119 cm³/mol. The van der Waals surface area contributed by atoms with Gasteiger partial charge in [-0.05, 0) is 31.2 Å². The van der Waals surface area contributed by atoms with Gasteiger partial charge in [-0.3, -0.25) is 4.90 Å². The predicted octanol–water partition coefficient (Wildman–Crippen LogP) is 3.50. The normalized spacial score (nSPS) is 15.2. The summed E-state index contributed by atoms with van der Waals surface area (Å²) in [5.74, 6) is 3.16. The molecular weight excluding hydrogens is 392 g/mol. The zero-order valence-electron chi connectivity index (χ0n) is 18.3. The molecule has 0 aliphatic carbocycles. The summed E-state index contributed by atoms with van der Waals surface area (Å²) >= 11 is 0. The molecule has 1 aliphatic rings. The van der Waals surface area contributed by atoms with Crippen molar-refractivity contribution in [1.29, 1.82) is 0 Å². The molecule has 0 atom stereocenters. The molecule has 2 aromatic carbocycles. The quantitative estimate of drug-likeness (QED) is 0.523. The number of aromatic nitrogens is 2. The number of nitrogens with zero attached hydrogens (tertiary/aromatic N) is 4. The van der Waals surface area contributed by atoms with Gasteiger partial charge in [0.25, 0.3) is 0 Å². The van der Waals surface area contributed by atoms with E-state index in [1.54, 1.807) is 14.2 Å². The van der Waals surface area contributed by atoms with Gasteiger partial charge in [-0.2, -0.15) is 4.98 Å². The van der Waals surface area contributed by atoms with Crippen molar-refractivity contribution in [2.24, 2.45) is 0 Å². The van der Waals surface area contributed by atoms with Crippen molar-refractivity contribution in [3.05, 3.63) is 60.0 Å². The van der Waals surface area contributed by atoms with Crippen LogP contribution in [0, 0.1) is 0 Å². The third-order valence-corrected chi connectivity index (χ3v) is 5.71. The summed E-state index contributed by atoms with van der Waals surface area (Å²) in [6.07, 6.45) is 1.82. The van der Waals surface area contributed by atoms with E-state index in [1.165, 1.54) is 5.56 Å². The zero-order valence-corrected chi connectivity index (χ0v) is 18.3. The van der Waals surface area contributed by atoms with Gasteiger partial charge in [-0.1, -0.05) is 35.5 Å². The lowest BCUT2D eigenvalue weighted by atomic mass is 10.1. The highest BCUT2D eigenvalue weighted by atomic mass is 16.5. The Morgan fingerprint density at radius 2 is 1.71 bits per heavy atom. The molecule has 0 amide bonds. The second kappa shape index (κ2) is 10.4. The van der Waals surface area contributed by atoms with Crippen LogP contribution in [0.25, 0.3) is 11.4 Å². The summed E-state index contributed by atoms with van der Waals surface area (Å²) in [5.41, 5.74) is 2.15. The van der Waals surface area contributed by atoms with E-state index in [0.29, 0.717) is 11.7 Å². The molecular formula is C24H30N4O3. The molecule has 2 heterocycles. The summed E-state index contributed by atoms with van der Waals surface area (Å²) in [5, 5.41) is 4.10. The van der Waals surface area contributed by atoms with Crippen molar-refractivity contribution < 1.29 is 14.0 Å². The topological polar surface area (TPSA) is 63.9 Å². The number of benzene rings is 2. The molecule has 1 aliphatic heterocycles. The third kappa shape index (κ3) is 5.62. The molecule has 7 nitrogen and oxygen atoms in total. The van der Waals surface area contributed by atoms with Crippen molar-refractivity contribution in [1.82, 2.24) is 19.9 Å². The Kier molecular flexibility index (Phi) is 7.17. The minimum atomic E-state index is 0.664. The highest BCUT2D eigenvalue weighted by molar-refractivity contribution is 5.53. The van der Waals surface area contributed by atoms with E-state index in [2.05, 4.69) is 26.0 Å². The lowest BCUT2D eigenvalue weighted by molar-refractivity contribution is 0.125. The second-order valence-electron chi connectivity index (χ2n) is 7.78. The lowest BCUT2D eigenvalue weighted by Gasteiger charge is -2.34. The van der Waals surface area contributed by atoms with E-state index in [0.717, 1.165) is 69.2 Å². The van der Waals surface area contributed by atoms with Crippen LogP contribution >= 0.6 is 0 Å². The molecule has 0 radical (unpaired) electrons. The maximum Gasteiger partial charge on any atom is 0.227 e. The number of aryl methyl sites for hydroxylation is 1. The zero-order chi connectivity index (χ0) is 21.5. The van der Waals surface area contributed by atoms with E-state index < -0.39 is 0 Å². The fourth-order valence-electron chi connectivity index (χ4n) is 3.93. The first-order valence-corrected chi connectivity index (χ1v) is 10.8. The monoisotopic (exact) mass is 422 g/mol. The van der Waals surface area contributed by atoms with Gasteiger partial charge in [0.2, 0.25) is 11.7 Å². The van der Waals surface area contributed by atoms with E-state index in [-0.39, 0.29) is 0 Å². The Labute approximate surface area is 183 Å². The molecule has 1 aromatic heterocycles. The van der Waals surface area contributed by atoms with Crippen LogP contribution in [0.4, 0.5) is 0 Å². The number of hydrogen-bond acceptors (Lipinski definition) is 7. The van der Waals surface area contributed by atoms with Crippen LogP contribution in [-0.4, -0.2) is 66.9 Å². The maximum atomic E-state index is 5.52. The van der Waals surface area contributed by atoms with Crippen LogP contribution < -0.4 is 9.47 Å². The SMILES string of the molecule is COc1ccc(OC)c(CN2CCN(CCCc3nc(-c4ccccc4)no3)CC2)c1. The highest BCUT2D eigenvalue weighted by Crippen LogP contribution is 2.25. The Morgan fingerprint density at radius 3 is 2.45 bits per heavy atom. The number of hydrogen-bond donors (Lipinski definition) is 0. The van der Waals surface area contributed by atoms with Gasteiger partial charge in [0.05, 0.1) is 14.2 Å². The van der Waals surface area contributed by atoms with E-state index in [1.807, 2.05) is 42.5 Å². The highest BCUT2D eigenvalue weighted by Gasteiger charge is 2.19. The number of methoxy groups -OCH3 is 2. The van der Waals surface area contributed by atoms with Crippen LogP contribution in [-0.2, 0) is 13.0 Å². The van der Waals surface area contributed by atoms with Crippen molar-refractivity contribution in [2.45, 2.75) is 19.4 Å². The van der Waals surface area contributed by atoms with Gasteiger partial charge < -0.3 is 18.9 Å². The first-order valence-electron chi connectivity index (χ1n) is 10.8. The van der Waals surface area contributed by atoms with Gasteiger partial charge >= 0.3 is 0 Å². The standard InChI is InChI=1S/C24H30N4O3/c1-29-21-10-11-22(30-2)20(17-21)18-28-15-13-27(14-16-28)12-6-9-23-25-24(26-31-23)19-7-4-3-5-8-19/h3-5,7-8,10-11,17H,6,9,12-16,18H2,1-2H3. The fraction of sp³-hybridized carbons (Fsp3) is 0.417. The van der Waals surface area contributed by atoms with Crippen molar-refractivity contribution in [3.63, 3.8) is 0 Å². The van der Waals surface area contributed by atoms with Crippen LogP contribution in [0.3, 0.4) is 0 Å². The first kappa shape index (κ1) is 21.3. The molecule has 4 rings (SSSR count). The first-order chi connectivity index (χ1) is 15.2. The second-order valence-corrected chi connectivity index (χ2v) is 7.78. The van der Waals surface area contributed by atoms with Gasteiger partial charge in [0, 0.05) is 50.3 Å². The summed E-state index contributed by atoms with van der Waals surface area (Å²) < 4.78 is 16.3. The summed E-state index contributed by atoms with van der Waals surface area (Å²) in [6, 6.07) is 15.9. The van der Waals surface area contributed by atoms with E-state index >= 15 is 0 Å². The van der Waals surface area contributed by atoms with E-state index in [9.17, 15) is 0 Å². The maximum absolute atomic E-state index is 5.52. The Morgan fingerprint density at radius 1 is 0.935 bits per heavy atom. The number of piperazine rings is 1. The average Bonchev–Trinajstić information content (AvgIpc) is 3.30. The molecule has 0 bridgehead atoms. The lowest BCUT2D eigenvalue weighted by Crippen LogP contribution is -2.46. The van der Waals surface area contributed by atoms with Gasteiger partial charge in [-0.15, -0.1) is 0 Å². The molecule has 0 saturated carbocycles. The van der Waals surface area contributed by atoms with Crippen LogP contribution in [0.15, 0.2) is 53.1 Å². The number of rotatable bonds is 9. The van der Waals surface area contributed by atoms with E-state index in [4.69, 9.17) is 14.0 Å². The minimum absolute atomic E-state index is 0.664. The van der Waals surface area contributed by atoms with Gasteiger partial charge in [0.1, 0.15) is 11.5 Å². The fourth-order valence-corrected chi connectivity index (χ4v) is 3.93. The molecule has 0 N–H and O–H groups in total. The van der Waals surface area contributed by atoms with Crippen molar-refractivity contribution in [3.8, 4) is 22.9 Å². The minimum Gasteiger partial charge on any atom is -0.497 e. The molecule has 0 spiro atoms. The Bertz CT molecular complexity index is 952. The van der Waals surface area contributed by atoms with Gasteiger partial charge in [-0.25, -0.2) is 0 Å². The largest absolute Gasteiger partial charge is 0.497 e. The Balaban J connectivity index is 1.21. The Hall–Kier alpha value is -2.90. The molecule has 1 fully saturated rings. The average molecular weight is 423 g/mol. The molecule has 0 unspecified atom stereocenters. The van der Waals surface area contributed by atoms with Crippen molar-refractivity contribution >= 4 is 0 Å². The van der Waals surface area contributed by atoms with Crippen LogP contribution in [0.2, 0.25) is 0 Å². The molecule has 1 saturated heterocycles. The van der Waals surface area contributed by atoms with Crippen LogP contribution in [0.1, 0.15) is 17.9 Å². The van der Waals surface area contributed by atoms with Gasteiger partial charge in [0.15, 0.2) is 0 Å². The van der Waals surface area contributed by atoms with Crippen molar-refractivity contribution in [2.75, 3.05) is 46.9 Å². The molecule has 7 heteroatoms. The smallest absolute Gasteiger partial charge is 0.227 e. The molecule has 3 aromatic rings. The summed E-state index contributed by atoms with van der Waals surface area (Å²) in [6.45, 7) is 6.12. The summed E-state index contributed by atoms with van der Waals surface area (Å²) in [4.78, 5) is 9.50. The van der Waals surface area contributed by atoms with Crippen LogP contribution in [0.5, 0.6) is 11.5 Å². The third-order valence-electron chi connectivity index (χ3n) is 5.71. The summed E-state index contributed by atoms with van der Waals surface area (Å²) in [7, 11) is 3.41.